The molecule has 4 aliphatic heterocycles. The summed E-state index contributed by atoms with van der Waals surface area (Å²) in [5, 5.41) is 29.1. The van der Waals surface area contributed by atoms with Crippen LogP contribution in [-0.2, 0) is 36.4 Å². The highest BCUT2D eigenvalue weighted by Crippen LogP contribution is 2.42. The monoisotopic (exact) mass is 956 g/mol. The molecule has 358 valence electrons. The molecule has 1 spiro atoms. The number of hydrogen-bond acceptors (Lipinski definition) is 13. The largest absolute Gasteiger partial charge is 0.453 e. The summed E-state index contributed by atoms with van der Waals surface area (Å²) in [5.74, 6) is -3.59. The Labute approximate surface area is 389 Å². The lowest BCUT2D eigenvalue weighted by Crippen LogP contribution is -2.51. The Bertz CT molecular complexity index is 3080. The van der Waals surface area contributed by atoms with Crippen LogP contribution in [0.15, 0.2) is 53.6 Å². The fourth-order valence-electron chi connectivity index (χ4n) is 9.79. The van der Waals surface area contributed by atoms with Crippen molar-refractivity contribution in [2.45, 2.75) is 81.5 Å². The molecular weight excluding hydrogens is 907 g/mol. The fraction of sp³-hybridized carbons (Fsp3) is 0.457. The molecule has 0 radical (unpaired) electrons. The molecular formula is C46H50F2N10O9S. The topological polar surface area (TPSA) is 234 Å². The fourth-order valence-corrected chi connectivity index (χ4v) is 10.7. The van der Waals surface area contributed by atoms with Gasteiger partial charge in [-0.2, -0.15) is 23.1 Å². The summed E-state index contributed by atoms with van der Waals surface area (Å²) in [6.45, 7) is 3.37. The minimum Gasteiger partial charge on any atom is -0.453 e. The number of benzene rings is 3. The van der Waals surface area contributed by atoms with Crippen LogP contribution in [0.3, 0.4) is 0 Å². The standard InChI is InChI=1S/C46H50F2N10O9S/c1-4-54(2)68(64,65)53-36-9-7-33(47)42(32(36)24-49)67-28-5-8-35-30(19-28)44(62)58(26-50-35)27-22-46(66-25-27)13-17-57(18-14-46)40(60)23-45(63)11-15-56(16-12-45)38-21-37-31(20-34(38)48)41(52-55(37)3)29-6-10-39(59)51-43(29)61/h5,7-9,19-21,26-27,29,53,63H,4,6,10-18,22-23,25H2,1-3H3,(H,51,59,61)/t27-,29?/m1/s1. The van der Waals surface area contributed by atoms with Crippen LogP contribution in [0.4, 0.5) is 20.2 Å². The lowest BCUT2D eigenvalue weighted by molar-refractivity contribution is -0.142. The summed E-state index contributed by atoms with van der Waals surface area (Å²) < 4.78 is 74.8. The van der Waals surface area contributed by atoms with E-state index in [0.29, 0.717) is 73.2 Å². The van der Waals surface area contributed by atoms with Crippen LogP contribution in [0.1, 0.15) is 81.5 Å². The van der Waals surface area contributed by atoms with Crippen LogP contribution in [0.5, 0.6) is 11.5 Å². The summed E-state index contributed by atoms with van der Waals surface area (Å²) in [5.41, 5.74) is -1.15. The molecule has 22 heteroatoms. The van der Waals surface area contributed by atoms with Crippen molar-refractivity contribution in [3.63, 3.8) is 0 Å². The first-order chi connectivity index (χ1) is 32.4. The van der Waals surface area contributed by atoms with Crippen molar-refractivity contribution >= 4 is 61.1 Å². The highest BCUT2D eigenvalue weighted by atomic mass is 32.2. The lowest BCUT2D eigenvalue weighted by atomic mass is 9.85. The molecule has 1 unspecified atom stereocenters. The predicted molar refractivity (Wildman–Crippen MR) is 243 cm³/mol. The normalized spacial score (nSPS) is 20.6. The maximum atomic E-state index is 15.8. The highest BCUT2D eigenvalue weighted by Gasteiger charge is 2.45. The van der Waals surface area contributed by atoms with E-state index >= 15 is 8.78 Å². The number of rotatable bonds is 11. The van der Waals surface area contributed by atoms with E-state index in [9.17, 15) is 38.0 Å². The Kier molecular flexibility index (Phi) is 12.2. The zero-order valence-electron chi connectivity index (χ0n) is 37.6. The van der Waals surface area contributed by atoms with Gasteiger partial charge in [-0.1, -0.05) is 6.92 Å². The number of anilines is 2. The maximum Gasteiger partial charge on any atom is 0.301 e. The number of nitriles is 1. The van der Waals surface area contributed by atoms with Gasteiger partial charge in [0, 0.05) is 58.6 Å². The van der Waals surface area contributed by atoms with Gasteiger partial charge in [-0.15, -0.1) is 0 Å². The average molecular weight is 957 g/mol. The molecule has 0 bridgehead atoms. The minimum absolute atomic E-state index is 0.0154. The lowest BCUT2D eigenvalue weighted by Gasteiger charge is -2.42. The summed E-state index contributed by atoms with van der Waals surface area (Å²) in [7, 11) is -0.989. The van der Waals surface area contributed by atoms with Crippen molar-refractivity contribution in [3.05, 3.63) is 82.0 Å². The van der Waals surface area contributed by atoms with Crippen LogP contribution in [0.2, 0.25) is 0 Å². The molecule has 9 rings (SSSR count). The van der Waals surface area contributed by atoms with E-state index in [1.807, 2.05) is 11.0 Å². The van der Waals surface area contributed by atoms with Crippen molar-refractivity contribution in [1.29, 1.82) is 5.26 Å². The van der Waals surface area contributed by atoms with E-state index in [0.717, 1.165) is 16.4 Å². The minimum atomic E-state index is -4.05. The van der Waals surface area contributed by atoms with Crippen molar-refractivity contribution in [1.82, 2.24) is 33.9 Å². The van der Waals surface area contributed by atoms with Crippen molar-refractivity contribution in [2.75, 3.05) is 56.0 Å². The molecule has 3 N–H and O–H groups in total. The molecule has 2 aromatic heterocycles. The summed E-state index contributed by atoms with van der Waals surface area (Å²) in [4.78, 5) is 60.0. The number of nitrogens with one attached hydrogen (secondary N) is 2. The molecule has 3 aromatic carbocycles. The molecule has 3 amide bonds. The van der Waals surface area contributed by atoms with E-state index in [2.05, 4.69) is 20.1 Å². The van der Waals surface area contributed by atoms with Gasteiger partial charge in [0.1, 0.15) is 23.2 Å². The third-order valence-corrected chi connectivity index (χ3v) is 15.5. The zero-order chi connectivity index (χ0) is 48.3. The molecule has 4 aliphatic rings. The SMILES string of the molecule is CCN(C)S(=O)(=O)Nc1ccc(F)c(Oc2ccc3ncn([C@H]4COC5(CCN(C(=O)CC6(O)CCN(c7cc8c(cc7F)c(C7CCC(=O)NC7=O)nn8C)CC6)CC5)C4)c(=O)c3c2)c1C#N. The number of aryl methyl sites for hydroxylation is 1. The van der Waals surface area contributed by atoms with Gasteiger partial charge >= 0.3 is 10.2 Å². The Hall–Kier alpha value is -6.54. The number of ether oxygens (including phenoxy) is 2. The van der Waals surface area contributed by atoms with Gasteiger partial charge in [0.25, 0.3) is 5.56 Å². The molecule has 5 aromatic rings. The average Bonchev–Trinajstić information content (AvgIpc) is 3.86. The summed E-state index contributed by atoms with van der Waals surface area (Å²) in [6.07, 6.45) is 3.78. The van der Waals surface area contributed by atoms with Gasteiger partial charge in [-0.05, 0) is 81.0 Å². The second-order valence-corrected chi connectivity index (χ2v) is 19.9. The van der Waals surface area contributed by atoms with Gasteiger partial charge in [-0.25, -0.2) is 13.8 Å². The number of carbonyl (C=O) groups is 3. The molecule has 0 aliphatic carbocycles. The number of likely N-dealkylation sites (tertiary alicyclic amines) is 1. The maximum absolute atomic E-state index is 15.8. The van der Waals surface area contributed by atoms with E-state index in [-0.39, 0.29) is 85.5 Å². The van der Waals surface area contributed by atoms with E-state index < -0.39 is 56.2 Å². The second kappa shape index (κ2) is 17.8. The molecule has 6 heterocycles. The van der Waals surface area contributed by atoms with Crippen LogP contribution in [0, 0.1) is 23.0 Å². The third-order valence-electron chi connectivity index (χ3n) is 13.9. The number of hydrogen-bond donors (Lipinski definition) is 3. The van der Waals surface area contributed by atoms with E-state index in [1.165, 1.54) is 42.2 Å². The Morgan fingerprint density at radius 3 is 2.51 bits per heavy atom. The summed E-state index contributed by atoms with van der Waals surface area (Å²) in [6, 6.07) is 11.0. The number of amides is 3. The summed E-state index contributed by atoms with van der Waals surface area (Å²) >= 11 is 0. The smallest absolute Gasteiger partial charge is 0.301 e. The first-order valence-corrected chi connectivity index (χ1v) is 23.9. The molecule has 0 saturated carbocycles. The number of aromatic nitrogens is 4. The number of halogens is 2. The number of aliphatic hydroxyl groups is 1. The highest BCUT2D eigenvalue weighted by molar-refractivity contribution is 7.90. The van der Waals surface area contributed by atoms with Crippen LogP contribution < -0.4 is 25.2 Å². The number of piperidine rings is 3. The molecule has 68 heavy (non-hydrogen) atoms. The third kappa shape index (κ3) is 8.74. The zero-order valence-corrected chi connectivity index (χ0v) is 38.4. The second-order valence-electron chi connectivity index (χ2n) is 18.1. The molecule has 2 atom stereocenters. The number of imide groups is 1. The Morgan fingerprint density at radius 1 is 1.06 bits per heavy atom. The van der Waals surface area contributed by atoms with Crippen molar-refractivity contribution in [3.8, 4) is 17.6 Å². The Balaban J connectivity index is 0.813. The molecule has 4 saturated heterocycles. The van der Waals surface area contributed by atoms with Crippen molar-refractivity contribution < 1.29 is 46.2 Å². The van der Waals surface area contributed by atoms with E-state index in [4.69, 9.17) is 9.47 Å². The predicted octanol–water partition coefficient (Wildman–Crippen LogP) is 4.10. The van der Waals surface area contributed by atoms with Gasteiger partial charge in [-0.3, -0.25) is 38.5 Å². The molecule has 4 fully saturated rings. The first-order valence-electron chi connectivity index (χ1n) is 22.4. The van der Waals surface area contributed by atoms with Crippen LogP contribution in [-0.4, -0.2) is 117 Å². The number of carbonyl (C=O) groups excluding carboxylic acids is 3. The number of fused-ring (bicyclic) bond motifs is 2. The van der Waals surface area contributed by atoms with Crippen molar-refractivity contribution in [2.24, 2.45) is 7.05 Å². The van der Waals surface area contributed by atoms with Gasteiger partial charge in [0.2, 0.25) is 17.7 Å². The first kappa shape index (κ1) is 46.6. The van der Waals surface area contributed by atoms with Crippen LogP contribution >= 0.6 is 0 Å². The van der Waals surface area contributed by atoms with E-state index in [1.54, 1.807) is 29.6 Å². The molecule has 19 nitrogen and oxygen atoms in total. The quantitative estimate of drug-likeness (QED) is 0.159. The van der Waals surface area contributed by atoms with Crippen LogP contribution in [0.25, 0.3) is 21.8 Å². The Morgan fingerprint density at radius 2 is 1.81 bits per heavy atom. The number of nitrogens with zero attached hydrogens (tertiary/aromatic N) is 8. The van der Waals surface area contributed by atoms with Gasteiger partial charge in [0.05, 0.1) is 76.0 Å². The van der Waals surface area contributed by atoms with Gasteiger partial charge in [0.15, 0.2) is 11.6 Å². The van der Waals surface area contributed by atoms with Gasteiger partial charge < -0.3 is 24.4 Å².